The van der Waals surface area contributed by atoms with Gasteiger partial charge in [0, 0.05) is 12.0 Å². The summed E-state index contributed by atoms with van der Waals surface area (Å²) < 4.78 is 0. The number of carbonyl (C=O) groups is 1. The quantitative estimate of drug-likeness (QED) is 0.867. The van der Waals surface area contributed by atoms with Gasteiger partial charge in [-0.05, 0) is 55.1 Å². The van der Waals surface area contributed by atoms with E-state index in [9.17, 15) is 4.79 Å². The summed E-state index contributed by atoms with van der Waals surface area (Å²) in [7, 11) is 0. The van der Waals surface area contributed by atoms with Crippen molar-refractivity contribution in [1.29, 1.82) is 0 Å². The molecule has 1 aromatic carbocycles. The maximum atomic E-state index is 11.7. The second kappa shape index (κ2) is 5.23. The molecule has 1 heterocycles. The molecular formula is C18H25NO. The van der Waals surface area contributed by atoms with Crippen LogP contribution in [0.5, 0.6) is 0 Å². The first-order chi connectivity index (χ1) is 9.56. The van der Waals surface area contributed by atoms with Crippen molar-refractivity contribution in [3.63, 3.8) is 0 Å². The molecule has 108 valence electrons. The zero-order valence-corrected chi connectivity index (χ0v) is 12.6. The van der Waals surface area contributed by atoms with Crippen LogP contribution in [-0.4, -0.2) is 11.4 Å². The maximum Gasteiger partial charge on any atom is 0.220 e. The molecule has 20 heavy (non-hydrogen) atoms. The van der Waals surface area contributed by atoms with Crippen LogP contribution < -0.4 is 5.32 Å². The summed E-state index contributed by atoms with van der Waals surface area (Å²) >= 11 is 0. The predicted molar refractivity (Wildman–Crippen MR) is 81.7 cm³/mol. The average molecular weight is 271 g/mol. The van der Waals surface area contributed by atoms with Crippen LogP contribution in [0.25, 0.3) is 0 Å². The largest absolute Gasteiger partial charge is 0.350 e. The van der Waals surface area contributed by atoms with Crippen molar-refractivity contribution < 1.29 is 4.79 Å². The van der Waals surface area contributed by atoms with Gasteiger partial charge >= 0.3 is 0 Å². The van der Waals surface area contributed by atoms with Crippen molar-refractivity contribution in [2.45, 2.75) is 63.8 Å². The highest BCUT2D eigenvalue weighted by atomic mass is 16.2. The van der Waals surface area contributed by atoms with Crippen molar-refractivity contribution >= 4 is 5.91 Å². The molecule has 0 bridgehead atoms. The third-order valence-electron chi connectivity index (χ3n) is 4.61. The third-order valence-corrected chi connectivity index (χ3v) is 4.61. The molecule has 0 radical (unpaired) electrons. The van der Waals surface area contributed by atoms with Gasteiger partial charge in [0.05, 0.1) is 0 Å². The minimum Gasteiger partial charge on any atom is -0.350 e. The first-order valence-corrected chi connectivity index (χ1v) is 7.96. The van der Waals surface area contributed by atoms with Crippen molar-refractivity contribution in [3.05, 3.63) is 35.4 Å². The maximum absolute atomic E-state index is 11.7. The van der Waals surface area contributed by atoms with E-state index in [0.29, 0.717) is 12.3 Å². The van der Waals surface area contributed by atoms with Gasteiger partial charge in [0.2, 0.25) is 5.91 Å². The zero-order chi connectivity index (χ0) is 14.2. The lowest BCUT2D eigenvalue weighted by molar-refractivity contribution is -0.119. The molecule has 2 aliphatic rings. The Hall–Kier alpha value is -1.31. The van der Waals surface area contributed by atoms with E-state index in [1.54, 1.807) is 0 Å². The summed E-state index contributed by atoms with van der Waals surface area (Å²) in [5.41, 5.74) is 2.84. The molecule has 2 heteroatoms. The molecule has 1 aliphatic carbocycles. The molecule has 1 saturated heterocycles. The number of nitrogens with one attached hydrogen (secondary N) is 1. The Kier molecular flexibility index (Phi) is 3.57. The van der Waals surface area contributed by atoms with E-state index >= 15 is 0 Å². The van der Waals surface area contributed by atoms with E-state index in [4.69, 9.17) is 0 Å². The molecule has 1 unspecified atom stereocenters. The van der Waals surface area contributed by atoms with Crippen LogP contribution in [0.4, 0.5) is 0 Å². The van der Waals surface area contributed by atoms with Crippen LogP contribution in [0.3, 0.4) is 0 Å². The Morgan fingerprint density at radius 1 is 1.25 bits per heavy atom. The summed E-state index contributed by atoms with van der Waals surface area (Å²) in [6.07, 6.45) is 6.42. The molecule has 3 rings (SSSR count). The van der Waals surface area contributed by atoms with Crippen LogP contribution in [0.2, 0.25) is 0 Å². The Bertz CT molecular complexity index is 487. The van der Waals surface area contributed by atoms with Crippen molar-refractivity contribution in [1.82, 2.24) is 5.32 Å². The smallest absolute Gasteiger partial charge is 0.220 e. The molecule has 2 fully saturated rings. The molecule has 1 atom stereocenters. The Labute approximate surface area is 122 Å². The average Bonchev–Trinajstić information content (AvgIpc) is 3.16. The molecule has 2 nitrogen and oxygen atoms in total. The fourth-order valence-electron chi connectivity index (χ4n) is 3.63. The number of carbonyl (C=O) groups excluding carboxylic acids is 1. The van der Waals surface area contributed by atoms with Crippen molar-refractivity contribution in [2.75, 3.05) is 0 Å². The van der Waals surface area contributed by atoms with Gasteiger partial charge in [0.25, 0.3) is 0 Å². The lowest BCUT2D eigenvalue weighted by atomic mass is 9.82. The van der Waals surface area contributed by atoms with Crippen LogP contribution in [0.1, 0.15) is 63.0 Å². The summed E-state index contributed by atoms with van der Waals surface area (Å²) in [6, 6.07) is 9.10. The molecule has 1 amide bonds. The minimum absolute atomic E-state index is 0.00759. The molecule has 1 N–H and O–H groups in total. The molecule has 0 aromatic heterocycles. The van der Waals surface area contributed by atoms with E-state index in [2.05, 4.69) is 43.4 Å². The lowest BCUT2D eigenvalue weighted by Crippen LogP contribution is -2.44. The van der Waals surface area contributed by atoms with E-state index < -0.39 is 0 Å². The fraction of sp³-hybridized carbons (Fsp3) is 0.611. The summed E-state index contributed by atoms with van der Waals surface area (Å²) in [5, 5.41) is 3.26. The van der Waals surface area contributed by atoms with E-state index in [0.717, 1.165) is 25.2 Å². The fourth-order valence-corrected chi connectivity index (χ4v) is 3.63. The van der Waals surface area contributed by atoms with Gasteiger partial charge in [0.1, 0.15) is 0 Å². The standard InChI is InChI=1S/C18H25NO/c1-13(2)11-18(10-9-17(20)19-18)12-14-3-5-15(6-4-14)16-7-8-16/h3-6,13,16H,7-12H2,1-2H3,(H,19,20). The minimum atomic E-state index is -0.00759. The Morgan fingerprint density at radius 2 is 1.95 bits per heavy atom. The molecule has 1 aliphatic heterocycles. The Balaban J connectivity index is 1.73. The monoisotopic (exact) mass is 271 g/mol. The highest BCUT2D eigenvalue weighted by Gasteiger charge is 2.38. The lowest BCUT2D eigenvalue weighted by Gasteiger charge is -2.31. The highest BCUT2D eigenvalue weighted by Crippen LogP contribution is 2.40. The van der Waals surface area contributed by atoms with Crippen molar-refractivity contribution in [3.8, 4) is 0 Å². The first-order valence-electron chi connectivity index (χ1n) is 7.96. The van der Waals surface area contributed by atoms with Crippen molar-refractivity contribution in [2.24, 2.45) is 5.92 Å². The second-order valence-electron chi connectivity index (χ2n) is 7.12. The van der Waals surface area contributed by atoms with E-state index in [1.807, 2.05) is 0 Å². The van der Waals surface area contributed by atoms with Crippen LogP contribution in [0, 0.1) is 5.92 Å². The number of benzene rings is 1. The molecule has 0 spiro atoms. The third kappa shape index (κ3) is 3.05. The van der Waals surface area contributed by atoms with Crippen LogP contribution >= 0.6 is 0 Å². The highest BCUT2D eigenvalue weighted by molar-refractivity contribution is 5.79. The van der Waals surface area contributed by atoms with Gasteiger partial charge in [-0.1, -0.05) is 38.1 Å². The predicted octanol–water partition coefficient (Wildman–Crippen LogP) is 3.80. The van der Waals surface area contributed by atoms with Gasteiger partial charge in [-0.25, -0.2) is 0 Å². The van der Waals surface area contributed by atoms with Gasteiger partial charge in [-0.2, -0.15) is 0 Å². The summed E-state index contributed by atoms with van der Waals surface area (Å²) in [6.45, 7) is 4.48. The normalized spacial score (nSPS) is 26.1. The van der Waals surface area contributed by atoms with Gasteiger partial charge in [0.15, 0.2) is 0 Å². The molecule has 1 saturated carbocycles. The number of hydrogen-bond acceptors (Lipinski definition) is 1. The van der Waals surface area contributed by atoms with E-state index in [-0.39, 0.29) is 11.4 Å². The van der Waals surface area contributed by atoms with Gasteiger partial charge < -0.3 is 5.32 Å². The van der Waals surface area contributed by atoms with Crippen LogP contribution in [0.15, 0.2) is 24.3 Å². The molecule has 1 aromatic rings. The summed E-state index contributed by atoms with van der Waals surface area (Å²) in [5.74, 6) is 1.65. The zero-order valence-electron chi connectivity index (χ0n) is 12.6. The van der Waals surface area contributed by atoms with E-state index in [1.165, 1.54) is 24.0 Å². The number of amides is 1. The first kappa shape index (κ1) is 13.7. The molecular weight excluding hydrogens is 246 g/mol. The number of rotatable bonds is 5. The van der Waals surface area contributed by atoms with Gasteiger partial charge in [-0.15, -0.1) is 0 Å². The van der Waals surface area contributed by atoms with Gasteiger partial charge in [-0.3, -0.25) is 4.79 Å². The SMILES string of the molecule is CC(C)CC1(Cc2ccc(C3CC3)cc2)CCC(=O)N1. The summed E-state index contributed by atoms with van der Waals surface area (Å²) in [4.78, 5) is 11.7. The Morgan fingerprint density at radius 3 is 2.45 bits per heavy atom. The second-order valence-corrected chi connectivity index (χ2v) is 7.12. The number of hydrogen-bond donors (Lipinski definition) is 1. The van der Waals surface area contributed by atoms with Crippen LogP contribution in [-0.2, 0) is 11.2 Å². The topological polar surface area (TPSA) is 29.1 Å².